The first-order valence-electron chi connectivity index (χ1n) is 10.8. The van der Waals surface area contributed by atoms with E-state index in [2.05, 4.69) is 106 Å². The van der Waals surface area contributed by atoms with Gasteiger partial charge in [0.25, 0.3) is 0 Å². The van der Waals surface area contributed by atoms with Crippen molar-refractivity contribution in [2.45, 2.75) is 45.6 Å². The molecule has 1 aliphatic rings. The number of aryl methyl sites for hydroxylation is 1. The second-order valence-electron chi connectivity index (χ2n) is 9.27. The molecule has 30 heavy (non-hydrogen) atoms. The maximum Gasteiger partial charge on any atom is 0.0733 e. The molecule has 1 unspecified atom stereocenters. The third-order valence-electron chi connectivity index (χ3n) is 6.33. The van der Waals surface area contributed by atoms with Crippen LogP contribution in [0.15, 0.2) is 72.8 Å². The molecule has 2 heteroatoms. The van der Waals surface area contributed by atoms with Crippen molar-refractivity contribution in [3.63, 3.8) is 0 Å². The minimum absolute atomic E-state index is 0.0716. The van der Waals surface area contributed by atoms with Crippen molar-refractivity contribution in [3.8, 4) is 22.5 Å². The molecule has 150 valence electrons. The second kappa shape index (κ2) is 6.98. The zero-order valence-corrected chi connectivity index (χ0v) is 18.2. The van der Waals surface area contributed by atoms with Gasteiger partial charge in [-0.2, -0.15) is 0 Å². The normalized spacial score (nSPS) is 17.4. The molecule has 0 radical (unpaired) electrons. The van der Waals surface area contributed by atoms with Gasteiger partial charge in [0.1, 0.15) is 0 Å². The van der Waals surface area contributed by atoms with Crippen LogP contribution in [0.4, 0.5) is 5.69 Å². The molecule has 0 spiro atoms. The lowest BCUT2D eigenvalue weighted by atomic mass is 9.79. The van der Waals surface area contributed by atoms with Crippen molar-refractivity contribution in [2.75, 3.05) is 5.32 Å². The SMILES string of the molecule is Cc1ccc2c(c1-c1cccc(-c3cccc4ccccc34)n1)NC(C)(C)CC2C. The van der Waals surface area contributed by atoms with Gasteiger partial charge in [-0.25, -0.2) is 4.98 Å². The fraction of sp³-hybridized carbons (Fsp3) is 0.250. The molecule has 0 aliphatic carbocycles. The van der Waals surface area contributed by atoms with Gasteiger partial charge in [0, 0.05) is 22.4 Å². The van der Waals surface area contributed by atoms with Crippen LogP contribution in [0.25, 0.3) is 33.3 Å². The van der Waals surface area contributed by atoms with E-state index in [1.54, 1.807) is 0 Å². The summed E-state index contributed by atoms with van der Waals surface area (Å²) in [6, 6.07) is 25.9. The van der Waals surface area contributed by atoms with Gasteiger partial charge in [0.15, 0.2) is 0 Å². The number of benzene rings is 3. The van der Waals surface area contributed by atoms with E-state index < -0.39 is 0 Å². The van der Waals surface area contributed by atoms with Crippen LogP contribution >= 0.6 is 0 Å². The van der Waals surface area contributed by atoms with E-state index in [0.29, 0.717) is 5.92 Å². The van der Waals surface area contributed by atoms with Crippen LogP contribution in [0.5, 0.6) is 0 Å². The Bertz CT molecular complexity index is 1250. The molecule has 4 aromatic rings. The van der Waals surface area contributed by atoms with Crippen molar-refractivity contribution >= 4 is 16.5 Å². The average Bonchev–Trinajstić information content (AvgIpc) is 2.72. The zero-order valence-electron chi connectivity index (χ0n) is 18.2. The molecule has 2 nitrogen and oxygen atoms in total. The second-order valence-corrected chi connectivity index (χ2v) is 9.27. The smallest absolute Gasteiger partial charge is 0.0733 e. The van der Waals surface area contributed by atoms with Crippen LogP contribution in [0.1, 0.15) is 44.2 Å². The summed E-state index contributed by atoms with van der Waals surface area (Å²) in [5, 5.41) is 6.31. The van der Waals surface area contributed by atoms with Crippen molar-refractivity contribution in [1.82, 2.24) is 4.98 Å². The number of nitrogens with zero attached hydrogens (tertiary/aromatic N) is 1. The van der Waals surface area contributed by atoms with E-state index in [1.165, 1.54) is 38.7 Å². The number of hydrogen-bond acceptors (Lipinski definition) is 2. The van der Waals surface area contributed by atoms with Crippen LogP contribution < -0.4 is 5.32 Å². The summed E-state index contributed by atoms with van der Waals surface area (Å²) < 4.78 is 0. The van der Waals surface area contributed by atoms with Crippen molar-refractivity contribution in [2.24, 2.45) is 0 Å². The third-order valence-corrected chi connectivity index (χ3v) is 6.33. The fourth-order valence-electron chi connectivity index (χ4n) is 5.04. The van der Waals surface area contributed by atoms with Gasteiger partial charge in [0.05, 0.1) is 11.4 Å². The maximum absolute atomic E-state index is 5.17. The summed E-state index contributed by atoms with van der Waals surface area (Å²) in [7, 11) is 0. The summed E-state index contributed by atoms with van der Waals surface area (Å²) in [5.74, 6) is 0.525. The first kappa shape index (κ1) is 18.9. The number of hydrogen-bond donors (Lipinski definition) is 1. The van der Waals surface area contributed by atoms with Crippen LogP contribution in [0, 0.1) is 6.92 Å². The number of anilines is 1. The van der Waals surface area contributed by atoms with Crippen molar-refractivity contribution in [3.05, 3.63) is 83.9 Å². The number of pyridine rings is 1. The largest absolute Gasteiger partial charge is 0.379 e. The molecular weight excluding hydrogens is 364 g/mol. The Kier molecular flexibility index (Phi) is 4.39. The Balaban J connectivity index is 1.70. The number of fused-ring (bicyclic) bond motifs is 2. The summed E-state index contributed by atoms with van der Waals surface area (Å²) in [6.45, 7) is 9.10. The number of nitrogens with one attached hydrogen (secondary N) is 1. The van der Waals surface area contributed by atoms with Gasteiger partial charge in [-0.1, -0.05) is 67.6 Å². The summed E-state index contributed by atoms with van der Waals surface area (Å²) >= 11 is 0. The predicted molar refractivity (Wildman–Crippen MR) is 128 cm³/mol. The minimum Gasteiger partial charge on any atom is -0.379 e. The van der Waals surface area contributed by atoms with E-state index in [4.69, 9.17) is 4.98 Å². The van der Waals surface area contributed by atoms with Gasteiger partial charge >= 0.3 is 0 Å². The first-order valence-corrected chi connectivity index (χ1v) is 10.8. The molecule has 3 aromatic carbocycles. The Morgan fingerprint density at radius 1 is 0.867 bits per heavy atom. The lowest BCUT2D eigenvalue weighted by Gasteiger charge is -2.39. The van der Waals surface area contributed by atoms with Crippen molar-refractivity contribution in [1.29, 1.82) is 0 Å². The third kappa shape index (κ3) is 3.17. The Morgan fingerprint density at radius 3 is 2.47 bits per heavy atom. The highest BCUT2D eigenvalue weighted by molar-refractivity contribution is 5.96. The fourth-order valence-corrected chi connectivity index (χ4v) is 5.04. The van der Waals surface area contributed by atoms with Gasteiger partial charge in [-0.3, -0.25) is 0 Å². The molecule has 1 N–H and O–H groups in total. The van der Waals surface area contributed by atoms with E-state index in [0.717, 1.165) is 17.8 Å². The molecule has 0 amide bonds. The lowest BCUT2D eigenvalue weighted by Crippen LogP contribution is -2.37. The molecule has 2 heterocycles. The summed E-state index contributed by atoms with van der Waals surface area (Å²) in [4.78, 5) is 5.17. The van der Waals surface area contributed by atoms with Gasteiger partial charge in [-0.05, 0) is 67.1 Å². The molecule has 1 aliphatic heterocycles. The maximum atomic E-state index is 5.17. The Labute approximate surface area is 179 Å². The standard InChI is InChI=1S/C28H28N2/c1-18-15-16-21-19(2)17-28(3,4)30-27(21)26(18)25-14-8-13-24(29-25)23-12-7-10-20-9-5-6-11-22(20)23/h5-16,19,30H,17H2,1-4H3. The van der Waals surface area contributed by atoms with Gasteiger partial charge in [0.2, 0.25) is 0 Å². The predicted octanol–water partition coefficient (Wildman–Crippen LogP) is 7.57. The molecule has 5 rings (SSSR count). The monoisotopic (exact) mass is 392 g/mol. The van der Waals surface area contributed by atoms with E-state index >= 15 is 0 Å². The topological polar surface area (TPSA) is 24.9 Å². The molecule has 0 fully saturated rings. The molecule has 0 saturated heterocycles. The number of aromatic nitrogens is 1. The highest BCUT2D eigenvalue weighted by Crippen LogP contribution is 2.45. The molecule has 0 saturated carbocycles. The van der Waals surface area contributed by atoms with E-state index in [9.17, 15) is 0 Å². The summed E-state index contributed by atoms with van der Waals surface area (Å²) in [6.07, 6.45) is 1.13. The van der Waals surface area contributed by atoms with Gasteiger partial charge in [-0.15, -0.1) is 0 Å². The average molecular weight is 393 g/mol. The van der Waals surface area contributed by atoms with Crippen LogP contribution in [0.2, 0.25) is 0 Å². The van der Waals surface area contributed by atoms with Gasteiger partial charge < -0.3 is 5.32 Å². The first-order chi connectivity index (χ1) is 14.4. The molecule has 1 atom stereocenters. The molecule has 0 bridgehead atoms. The zero-order chi connectivity index (χ0) is 20.9. The quantitative estimate of drug-likeness (QED) is 0.380. The molecule has 1 aromatic heterocycles. The van der Waals surface area contributed by atoms with E-state index in [1.807, 2.05) is 0 Å². The molecular formula is C28H28N2. The van der Waals surface area contributed by atoms with Crippen molar-refractivity contribution < 1.29 is 0 Å². The van der Waals surface area contributed by atoms with Crippen LogP contribution in [-0.2, 0) is 0 Å². The number of rotatable bonds is 2. The minimum atomic E-state index is 0.0716. The highest BCUT2D eigenvalue weighted by Gasteiger charge is 2.31. The van der Waals surface area contributed by atoms with E-state index in [-0.39, 0.29) is 5.54 Å². The summed E-state index contributed by atoms with van der Waals surface area (Å²) in [5.41, 5.74) is 8.44. The Hall–Kier alpha value is -3.13. The highest BCUT2D eigenvalue weighted by atomic mass is 15.0. The lowest BCUT2D eigenvalue weighted by molar-refractivity contribution is 0.454. The Morgan fingerprint density at radius 2 is 1.60 bits per heavy atom. The van der Waals surface area contributed by atoms with Crippen LogP contribution in [-0.4, -0.2) is 10.5 Å². The van der Waals surface area contributed by atoms with Crippen LogP contribution in [0.3, 0.4) is 0 Å².